The van der Waals surface area contributed by atoms with Crippen molar-refractivity contribution in [1.29, 1.82) is 0 Å². The van der Waals surface area contributed by atoms with Crippen LogP contribution in [0.25, 0.3) is 0 Å². The lowest BCUT2D eigenvalue weighted by atomic mass is 10.1. The zero-order valence-electron chi connectivity index (χ0n) is 18.9. The molecular weight excluding hydrogens is 452 g/mol. The minimum atomic E-state index is -0.302. The summed E-state index contributed by atoms with van der Waals surface area (Å²) in [5.41, 5.74) is 3.22. The second-order valence-corrected chi connectivity index (χ2v) is 8.05. The SMILES string of the molecule is CCCC(=O)Nc1ccc(Cl)c(NC(=O)CNc2ccc(C(=O)NCc3ccccc3)cc2)c1. The highest BCUT2D eigenvalue weighted by Crippen LogP contribution is 2.25. The van der Waals surface area contributed by atoms with Crippen molar-refractivity contribution in [1.82, 2.24) is 5.32 Å². The van der Waals surface area contributed by atoms with E-state index in [4.69, 9.17) is 11.6 Å². The zero-order valence-corrected chi connectivity index (χ0v) is 19.6. The number of halogens is 1. The third kappa shape index (κ3) is 7.64. The maximum atomic E-state index is 12.4. The third-order valence-corrected chi connectivity index (χ3v) is 5.23. The highest BCUT2D eigenvalue weighted by molar-refractivity contribution is 6.33. The molecule has 34 heavy (non-hydrogen) atoms. The largest absolute Gasteiger partial charge is 0.376 e. The molecule has 0 fully saturated rings. The summed E-state index contributed by atoms with van der Waals surface area (Å²) in [7, 11) is 0. The fourth-order valence-corrected chi connectivity index (χ4v) is 3.31. The van der Waals surface area contributed by atoms with E-state index in [1.54, 1.807) is 42.5 Å². The molecule has 0 aliphatic carbocycles. The van der Waals surface area contributed by atoms with E-state index in [1.807, 2.05) is 37.3 Å². The number of hydrogen-bond acceptors (Lipinski definition) is 4. The number of carbonyl (C=O) groups excluding carboxylic acids is 3. The highest BCUT2D eigenvalue weighted by Gasteiger charge is 2.10. The second-order valence-electron chi connectivity index (χ2n) is 7.64. The lowest BCUT2D eigenvalue weighted by Gasteiger charge is -2.12. The van der Waals surface area contributed by atoms with Gasteiger partial charge in [0, 0.05) is 29.9 Å². The van der Waals surface area contributed by atoms with E-state index in [1.165, 1.54) is 0 Å². The molecule has 3 amide bonds. The van der Waals surface area contributed by atoms with E-state index in [0.717, 1.165) is 12.0 Å². The molecule has 0 atom stereocenters. The molecule has 0 heterocycles. The van der Waals surface area contributed by atoms with Crippen LogP contribution in [-0.2, 0) is 16.1 Å². The Hall–Kier alpha value is -3.84. The van der Waals surface area contributed by atoms with Gasteiger partial charge < -0.3 is 21.3 Å². The summed E-state index contributed by atoms with van der Waals surface area (Å²) in [5.74, 6) is -0.571. The Morgan fingerprint density at radius 2 is 1.53 bits per heavy atom. The first kappa shape index (κ1) is 24.8. The van der Waals surface area contributed by atoms with Gasteiger partial charge in [-0.05, 0) is 54.4 Å². The molecule has 3 aromatic carbocycles. The number of carbonyl (C=O) groups is 3. The molecule has 0 aromatic heterocycles. The van der Waals surface area contributed by atoms with Crippen molar-refractivity contribution in [2.75, 3.05) is 22.5 Å². The van der Waals surface area contributed by atoms with E-state index in [9.17, 15) is 14.4 Å². The lowest BCUT2D eigenvalue weighted by Crippen LogP contribution is -2.23. The summed E-state index contributed by atoms with van der Waals surface area (Å²) in [5, 5.41) is 11.8. The van der Waals surface area contributed by atoms with E-state index in [0.29, 0.717) is 40.6 Å². The number of rotatable bonds is 10. The van der Waals surface area contributed by atoms with E-state index in [2.05, 4.69) is 21.3 Å². The number of nitrogens with one attached hydrogen (secondary N) is 4. The van der Waals surface area contributed by atoms with Crippen LogP contribution in [0.2, 0.25) is 5.02 Å². The first-order chi connectivity index (χ1) is 16.4. The number of benzene rings is 3. The molecule has 176 valence electrons. The van der Waals surface area contributed by atoms with E-state index >= 15 is 0 Å². The van der Waals surface area contributed by atoms with Crippen molar-refractivity contribution in [3.63, 3.8) is 0 Å². The molecule has 0 saturated carbocycles. The monoisotopic (exact) mass is 478 g/mol. The first-order valence-corrected chi connectivity index (χ1v) is 11.4. The van der Waals surface area contributed by atoms with Crippen molar-refractivity contribution in [3.05, 3.63) is 88.9 Å². The quantitative estimate of drug-likeness (QED) is 0.327. The van der Waals surface area contributed by atoms with E-state index in [-0.39, 0.29) is 24.3 Å². The van der Waals surface area contributed by atoms with Gasteiger partial charge in [0.15, 0.2) is 0 Å². The number of anilines is 3. The summed E-state index contributed by atoms with van der Waals surface area (Å²) in [6.45, 7) is 2.38. The molecule has 0 radical (unpaired) electrons. The fraction of sp³-hybridized carbons (Fsp3) is 0.192. The van der Waals surface area contributed by atoms with Gasteiger partial charge in [-0.3, -0.25) is 14.4 Å². The number of hydrogen-bond donors (Lipinski definition) is 4. The van der Waals surface area contributed by atoms with Crippen LogP contribution in [0.4, 0.5) is 17.1 Å². The van der Waals surface area contributed by atoms with Crippen LogP contribution in [-0.4, -0.2) is 24.3 Å². The van der Waals surface area contributed by atoms with Crippen molar-refractivity contribution in [2.24, 2.45) is 0 Å². The minimum Gasteiger partial charge on any atom is -0.376 e. The maximum absolute atomic E-state index is 12.4. The van der Waals surface area contributed by atoms with Gasteiger partial charge in [0.25, 0.3) is 5.91 Å². The van der Waals surface area contributed by atoms with Gasteiger partial charge in [-0.2, -0.15) is 0 Å². The van der Waals surface area contributed by atoms with Crippen LogP contribution in [0.15, 0.2) is 72.8 Å². The summed E-state index contributed by atoms with van der Waals surface area (Å²) in [6, 6.07) is 21.5. The molecule has 0 spiro atoms. The average molecular weight is 479 g/mol. The molecule has 0 unspecified atom stereocenters. The molecular formula is C26H27ClN4O3. The lowest BCUT2D eigenvalue weighted by molar-refractivity contribution is -0.116. The maximum Gasteiger partial charge on any atom is 0.251 e. The first-order valence-electron chi connectivity index (χ1n) is 11.0. The minimum absolute atomic E-state index is 0.00228. The fourth-order valence-electron chi connectivity index (χ4n) is 3.15. The standard InChI is InChI=1S/C26H27ClN4O3/c1-2-6-24(32)30-21-13-14-22(27)23(15-21)31-25(33)17-28-20-11-9-19(10-12-20)26(34)29-16-18-7-4-3-5-8-18/h3-5,7-15,28H,2,6,16-17H2,1H3,(H,29,34)(H,30,32)(H,31,33). The second kappa shape index (κ2) is 12.4. The Balaban J connectivity index is 1.49. The molecule has 0 saturated heterocycles. The van der Waals surface area contributed by atoms with Gasteiger partial charge >= 0.3 is 0 Å². The molecule has 7 nitrogen and oxygen atoms in total. The summed E-state index contributed by atoms with van der Waals surface area (Å²) in [6.07, 6.45) is 1.16. The van der Waals surface area contributed by atoms with E-state index < -0.39 is 0 Å². The van der Waals surface area contributed by atoms with Gasteiger partial charge in [-0.15, -0.1) is 0 Å². The van der Waals surface area contributed by atoms with Crippen LogP contribution in [0.3, 0.4) is 0 Å². The Bertz CT molecular complexity index is 1130. The Morgan fingerprint density at radius 1 is 0.824 bits per heavy atom. The molecule has 3 aromatic rings. The molecule has 0 aliphatic heterocycles. The Kier molecular flexibility index (Phi) is 9.05. The molecule has 0 aliphatic rings. The summed E-state index contributed by atoms with van der Waals surface area (Å²) < 4.78 is 0. The zero-order chi connectivity index (χ0) is 24.3. The van der Waals surface area contributed by atoms with Crippen LogP contribution in [0.1, 0.15) is 35.7 Å². The normalized spacial score (nSPS) is 10.3. The molecule has 3 rings (SSSR count). The number of amides is 3. The topological polar surface area (TPSA) is 99.3 Å². The smallest absolute Gasteiger partial charge is 0.251 e. The molecule has 4 N–H and O–H groups in total. The van der Waals surface area contributed by atoms with Gasteiger partial charge in [0.2, 0.25) is 11.8 Å². The third-order valence-electron chi connectivity index (χ3n) is 4.90. The Morgan fingerprint density at radius 3 is 2.24 bits per heavy atom. The van der Waals surface area contributed by atoms with Crippen molar-refractivity contribution < 1.29 is 14.4 Å². The van der Waals surface area contributed by atoms with Gasteiger partial charge in [-0.1, -0.05) is 48.9 Å². The van der Waals surface area contributed by atoms with Gasteiger partial charge in [0.05, 0.1) is 17.3 Å². The van der Waals surface area contributed by atoms with Gasteiger partial charge in [-0.25, -0.2) is 0 Å². The average Bonchev–Trinajstić information content (AvgIpc) is 2.84. The predicted molar refractivity (Wildman–Crippen MR) is 136 cm³/mol. The highest BCUT2D eigenvalue weighted by atomic mass is 35.5. The molecule has 0 bridgehead atoms. The van der Waals surface area contributed by atoms with Crippen molar-refractivity contribution in [3.8, 4) is 0 Å². The van der Waals surface area contributed by atoms with Crippen LogP contribution in [0.5, 0.6) is 0 Å². The van der Waals surface area contributed by atoms with Crippen molar-refractivity contribution >= 4 is 46.4 Å². The summed E-state index contributed by atoms with van der Waals surface area (Å²) >= 11 is 6.18. The van der Waals surface area contributed by atoms with Gasteiger partial charge in [0.1, 0.15) is 0 Å². The van der Waals surface area contributed by atoms with Crippen LogP contribution < -0.4 is 21.3 Å². The molecule has 8 heteroatoms. The Labute approximate surface area is 203 Å². The van der Waals surface area contributed by atoms with Crippen LogP contribution >= 0.6 is 11.6 Å². The van der Waals surface area contributed by atoms with Crippen molar-refractivity contribution in [2.45, 2.75) is 26.3 Å². The predicted octanol–water partition coefficient (Wildman–Crippen LogP) is 5.06. The summed E-state index contributed by atoms with van der Waals surface area (Å²) in [4.78, 5) is 36.5. The van der Waals surface area contributed by atoms with Crippen LogP contribution in [0, 0.1) is 0 Å².